The molecule has 0 nitrogen and oxygen atoms in total. The van der Waals surface area contributed by atoms with E-state index in [0.717, 1.165) is 22.4 Å². The second-order valence-corrected chi connectivity index (χ2v) is 4.66. The van der Waals surface area contributed by atoms with Crippen LogP contribution in [0.5, 0.6) is 0 Å². The third kappa shape index (κ3) is 19.3. The maximum atomic E-state index is 3.12. The maximum Gasteiger partial charge on any atom is 4.00 e. The van der Waals surface area contributed by atoms with Gasteiger partial charge in [0.05, 0.1) is 0 Å². The Morgan fingerprint density at radius 1 is 0.889 bits per heavy atom. The molecular formula is C14H21Br2HfSi. The normalized spacial score (nSPS) is 13.3. The van der Waals surface area contributed by atoms with Gasteiger partial charge in [0, 0.05) is 9.52 Å². The molecule has 0 unspecified atom stereocenters. The van der Waals surface area contributed by atoms with Crippen molar-refractivity contribution >= 4 is 9.52 Å². The molecule has 0 aromatic heterocycles. The Balaban J connectivity index is -0.0000000793. The Morgan fingerprint density at radius 2 is 1.17 bits per heavy atom. The fraction of sp³-hybridized carbons (Fsp3) is 0.429. The first-order chi connectivity index (χ1) is 7.20. The minimum Gasteiger partial charge on any atom is -1.00 e. The molecular weight excluding hydrogens is 535 g/mol. The molecule has 18 heavy (non-hydrogen) atoms. The van der Waals surface area contributed by atoms with Crippen LogP contribution in [0, 0.1) is 12.2 Å². The van der Waals surface area contributed by atoms with Crippen LogP contribution in [0.3, 0.4) is 0 Å². The predicted molar refractivity (Wildman–Crippen MR) is 71.3 cm³/mol. The smallest absolute Gasteiger partial charge is 1.00 e. The first-order valence-electron chi connectivity index (χ1n) is 5.42. The summed E-state index contributed by atoms with van der Waals surface area (Å²) in [5.74, 6) is 0. The molecule has 0 aliphatic heterocycles. The van der Waals surface area contributed by atoms with Gasteiger partial charge in [-0.3, -0.25) is 12.2 Å². The second kappa shape index (κ2) is 20.3. The summed E-state index contributed by atoms with van der Waals surface area (Å²) < 4.78 is 0. The molecule has 2 rings (SSSR count). The number of rotatable bonds is 0. The van der Waals surface area contributed by atoms with E-state index in [9.17, 15) is 0 Å². The molecule has 0 bridgehead atoms. The van der Waals surface area contributed by atoms with Crippen LogP contribution in [0.1, 0.15) is 26.7 Å². The van der Waals surface area contributed by atoms with Gasteiger partial charge < -0.3 is 34.0 Å². The summed E-state index contributed by atoms with van der Waals surface area (Å²) in [6.07, 6.45) is 16.7. The second-order valence-electron chi connectivity index (χ2n) is 3.51. The van der Waals surface area contributed by atoms with E-state index in [4.69, 9.17) is 0 Å². The van der Waals surface area contributed by atoms with E-state index in [2.05, 4.69) is 63.4 Å². The van der Waals surface area contributed by atoms with E-state index in [0.29, 0.717) is 0 Å². The Hall–Kier alpha value is 1.01. The van der Waals surface area contributed by atoms with Crippen LogP contribution in [0.25, 0.3) is 0 Å². The molecule has 4 heteroatoms. The third-order valence-electron chi connectivity index (χ3n) is 1.73. The first-order valence-corrected chi connectivity index (χ1v) is 7.73. The van der Waals surface area contributed by atoms with E-state index in [1.807, 2.05) is 0 Å². The van der Waals surface area contributed by atoms with Crippen LogP contribution in [0.4, 0.5) is 0 Å². The Labute approximate surface area is 155 Å². The molecule has 1 radical (unpaired) electrons. The molecule has 0 aromatic carbocycles. The summed E-state index contributed by atoms with van der Waals surface area (Å²) in [5, 5.41) is 0. The fourth-order valence-corrected chi connectivity index (χ4v) is 1.03. The molecule has 0 heterocycles. The quantitative estimate of drug-likeness (QED) is 0.238. The summed E-state index contributed by atoms with van der Waals surface area (Å²) >= 11 is 0. The van der Waals surface area contributed by atoms with Crippen molar-refractivity contribution in [2.75, 3.05) is 0 Å². The SMILES string of the molecule is CC1=[C-]CC=C1.CC1=[C-]CC=C1.C[SiH]C.[Br-].[Br-].[Hf+4]. The molecule has 0 saturated carbocycles. The zero-order chi connectivity index (χ0) is 11.5. The van der Waals surface area contributed by atoms with Crippen LogP contribution in [-0.4, -0.2) is 9.52 Å². The predicted octanol–water partition coefficient (Wildman–Crippen LogP) is -2.08. The van der Waals surface area contributed by atoms with Gasteiger partial charge in [-0.1, -0.05) is 26.9 Å². The van der Waals surface area contributed by atoms with Gasteiger partial charge in [-0.25, -0.2) is 23.3 Å². The summed E-state index contributed by atoms with van der Waals surface area (Å²) in [5.41, 5.74) is 2.55. The average molecular weight is 556 g/mol. The molecule has 0 amide bonds. The monoisotopic (exact) mass is 555 g/mol. The molecule has 2 aliphatic rings. The number of halogens is 2. The number of hydrogen-bond donors (Lipinski definition) is 0. The molecule has 0 N–H and O–H groups in total. The molecule has 0 saturated heterocycles. The van der Waals surface area contributed by atoms with Crippen molar-refractivity contribution in [3.63, 3.8) is 0 Å². The number of allylic oxidation sites excluding steroid dienone is 8. The summed E-state index contributed by atoms with van der Waals surface area (Å²) in [7, 11) is 0.750. The van der Waals surface area contributed by atoms with Crippen LogP contribution < -0.4 is 34.0 Å². The minimum atomic E-state index is 0. The fourth-order valence-electron chi connectivity index (χ4n) is 1.03. The Kier molecular flexibility index (Phi) is 30.9. The summed E-state index contributed by atoms with van der Waals surface area (Å²) in [4.78, 5) is 0. The van der Waals surface area contributed by atoms with Crippen LogP contribution in [0.2, 0.25) is 13.1 Å². The Morgan fingerprint density at radius 3 is 1.22 bits per heavy atom. The van der Waals surface area contributed by atoms with Crippen molar-refractivity contribution in [3.05, 3.63) is 47.6 Å². The third-order valence-corrected chi connectivity index (χ3v) is 1.73. The first kappa shape index (κ1) is 27.4. The average Bonchev–Trinajstić information content (AvgIpc) is 2.81. The van der Waals surface area contributed by atoms with Gasteiger partial charge in [-0.15, -0.1) is 12.8 Å². The van der Waals surface area contributed by atoms with E-state index in [1.54, 1.807) is 0 Å². The largest absolute Gasteiger partial charge is 4.00 e. The van der Waals surface area contributed by atoms with E-state index in [-0.39, 0.29) is 59.8 Å². The van der Waals surface area contributed by atoms with Crippen molar-refractivity contribution in [2.24, 2.45) is 0 Å². The standard InChI is InChI=1S/2C6H7.C2H7Si.2BrH.Hf/c2*1-6-4-2-3-5-6;1-3-2;;;/h2*2,4H,3H2,1H3;3H,1-2H3;2*1H;/q2*-1;;;;+4/p-2. The van der Waals surface area contributed by atoms with Gasteiger partial charge >= 0.3 is 25.8 Å². The van der Waals surface area contributed by atoms with Crippen molar-refractivity contribution in [3.8, 4) is 0 Å². The summed E-state index contributed by atoms with van der Waals surface area (Å²) in [6, 6.07) is 0. The van der Waals surface area contributed by atoms with Gasteiger partial charge in [0.15, 0.2) is 0 Å². The molecule has 0 aromatic rings. The molecule has 99 valence electrons. The van der Waals surface area contributed by atoms with E-state index < -0.39 is 0 Å². The maximum absolute atomic E-state index is 3.12. The molecule has 0 spiro atoms. The van der Waals surface area contributed by atoms with E-state index in [1.165, 1.54) is 11.1 Å². The van der Waals surface area contributed by atoms with Gasteiger partial charge in [0.1, 0.15) is 0 Å². The number of hydrogen-bond acceptors (Lipinski definition) is 0. The van der Waals surface area contributed by atoms with Crippen LogP contribution in [0.15, 0.2) is 35.5 Å². The Bertz CT molecular complexity index is 248. The van der Waals surface area contributed by atoms with Gasteiger partial charge in [-0.2, -0.15) is 12.2 Å². The zero-order valence-electron chi connectivity index (χ0n) is 11.6. The van der Waals surface area contributed by atoms with Crippen molar-refractivity contribution in [1.29, 1.82) is 0 Å². The van der Waals surface area contributed by atoms with Crippen molar-refractivity contribution < 1.29 is 59.8 Å². The molecule has 0 fully saturated rings. The molecule has 2 aliphatic carbocycles. The topological polar surface area (TPSA) is 0 Å². The summed E-state index contributed by atoms with van der Waals surface area (Å²) in [6.45, 7) is 8.53. The van der Waals surface area contributed by atoms with Crippen LogP contribution in [-0.2, 0) is 25.8 Å². The molecule has 0 atom stereocenters. The van der Waals surface area contributed by atoms with E-state index >= 15 is 0 Å². The zero-order valence-corrected chi connectivity index (χ0v) is 19.5. The van der Waals surface area contributed by atoms with Crippen molar-refractivity contribution in [1.82, 2.24) is 0 Å². The van der Waals surface area contributed by atoms with Crippen LogP contribution >= 0.6 is 0 Å². The van der Waals surface area contributed by atoms with Crippen molar-refractivity contribution in [2.45, 2.75) is 39.8 Å². The van der Waals surface area contributed by atoms with Gasteiger partial charge in [-0.05, 0) is 0 Å². The minimum absolute atomic E-state index is 0. The van der Waals surface area contributed by atoms with Gasteiger partial charge in [0.2, 0.25) is 0 Å². The van der Waals surface area contributed by atoms with Gasteiger partial charge in [0.25, 0.3) is 0 Å².